The number of halogens is 1. The van der Waals surface area contributed by atoms with Crippen LogP contribution >= 0.6 is 11.6 Å². The Bertz CT molecular complexity index is 772. The zero-order valence-corrected chi connectivity index (χ0v) is 13.8. The Labute approximate surface area is 134 Å². The van der Waals surface area contributed by atoms with Crippen molar-refractivity contribution in [3.05, 3.63) is 35.5 Å². The first-order chi connectivity index (χ1) is 10.3. The highest BCUT2D eigenvalue weighted by molar-refractivity contribution is 7.90. The van der Waals surface area contributed by atoms with Gasteiger partial charge in [-0.3, -0.25) is 9.52 Å². The summed E-state index contributed by atoms with van der Waals surface area (Å²) in [5.41, 5.74) is 1.44. The van der Waals surface area contributed by atoms with E-state index in [1.165, 1.54) is 31.0 Å². The molecule has 0 aromatic heterocycles. The van der Waals surface area contributed by atoms with Crippen molar-refractivity contribution in [1.82, 2.24) is 4.72 Å². The molecule has 1 aromatic carbocycles. The van der Waals surface area contributed by atoms with Crippen LogP contribution in [0.3, 0.4) is 0 Å². The topological polar surface area (TPSA) is 78.8 Å². The first-order valence-electron chi connectivity index (χ1n) is 6.55. The molecule has 6 nitrogen and oxygen atoms in total. The summed E-state index contributed by atoms with van der Waals surface area (Å²) in [5.74, 6) is 0.0387. The summed E-state index contributed by atoms with van der Waals surface area (Å²) in [5, 5.41) is 0.114. The molecule has 0 spiro atoms. The maximum atomic E-state index is 12.4. The van der Waals surface area contributed by atoms with Crippen LogP contribution in [-0.4, -0.2) is 26.7 Å². The number of nitrogens with one attached hydrogen (secondary N) is 1. The van der Waals surface area contributed by atoms with Crippen LogP contribution < -0.4 is 9.62 Å². The molecule has 0 bridgehead atoms. The number of aliphatic imine (C=N–C) groups is 1. The number of carbonyl (C=O) groups excluding carboxylic acids is 1. The molecule has 0 aliphatic carbocycles. The first kappa shape index (κ1) is 16.5. The Morgan fingerprint density at radius 2 is 2.14 bits per heavy atom. The Balaban J connectivity index is 2.49. The molecule has 0 unspecified atom stereocenters. The zero-order chi connectivity index (χ0) is 16.5. The normalized spacial score (nSPS) is 14.7. The maximum absolute atomic E-state index is 12.4. The van der Waals surface area contributed by atoms with Gasteiger partial charge in [0.1, 0.15) is 10.7 Å². The second-order valence-corrected chi connectivity index (χ2v) is 6.89. The summed E-state index contributed by atoms with van der Waals surface area (Å²) in [6.45, 7) is 6.87. The predicted octanol–water partition coefficient (Wildman–Crippen LogP) is 2.09. The molecule has 1 heterocycles. The number of sulfonamides is 1. The number of amides is 1. The summed E-state index contributed by atoms with van der Waals surface area (Å²) < 4.78 is 27.1. The third kappa shape index (κ3) is 3.15. The Kier molecular flexibility index (Phi) is 4.58. The molecule has 8 heteroatoms. The van der Waals surface area contributed by atoms with E-state index >= 15 is 0 Å². The van der Waals surface area contributed by atoms with Gasteiger partial charge in [0.2, 0.25) is 5.91 Å². The first-order valence-corrected chi connectivity index (χ1v) is 8.41. The number of benzene rings is 1. The Morgan fingerprint density at radius 3 is 2.73 bits per heavy atom. The number of carbonyl (C=O) groups is 1. The molecule has 1 aliphatic rings. The van der Waals surface area contributed by atoms with Gasteiger partial charge < -0.3 is 4.90 Å². The van der Waals surface area contributed by atoms with Crippen LogP contribution in [-0.2, 0) is 21.2 Å². The van der Waals surface area contributed by atoms with Crippen molar-refractivity contribution in [1.29, 1.82) is 0 Å². The fourth-order valence-corrected chi connectivity index (χ4v) is 3.96. The summed E-state index contributed by atoms with van der Waals surface area (Å²) in [6.07, 6.45) is 1.89. The summed E-state index contributed by atoms with van der Waals surface area (Å²) in [4.78, 5) is 16.8. The highest BCUT2D eigenvalue weighted by atomic mass is 35.5. The maximum Gasteiger partial charge on any atom is 0.264 e. The summed E-state index contributed by atoms with van der Waals surface area (Å²) >= 11 is 6.10. The average Bonchev–Trinajstić information content (AvgIpc) is 2.79. The fourth-order valence-electron chi connectivity index (χ4n) is 2.33. The molecular weight excluding hydrogens is 326 g/mol. The van der Waals surface area contributed by atoms with Crippen molar-refractivity contribution in [3.63, 3.8) is 0 Å². The van der Waals surface area contributed by atoms with Crippen LogP contribution in [0.1, 0.15) is 19.4 Å². The summed E-state index contributed by atoms with van der Waals surface area (Å²) in [7, 11) is -3.88. The molecule has 0 radical (unpaired) electrons. The Morgan fingerprint density at radius 1 is 1.45 bits per heavy atom. The second-order valence-electron chi connectivity index (χ2n) is 4.83. The lowest BCUT2D eigenvalue weighted by Crippen LogP contribution is -2.29. The molecule has 1 aromatic rings. The van der Waals surface area contributed by atoms with Crippen LogP contribution in [0.2, 0.25) is 5.02 Å². The van der Waals surface area contributed by atoms with Crippen molar-refractivity contribution in [3.8, 4) is 0 Å². The summed E-state index contributed by atoms with van der Waals surface area (Å²) in [6, 6.07) is 3.02. The van der Waals surface area contributed by atoms with E-state index in [1.54, 1.807) is 6.07 Å². The van der Waals surface area contributed by atoms with Gasteiger partial charge in [-0.25, -0.2) is 13.4 Å². The second kappa shape index (κ2) is 6.10. The lowest BCUT2D eigenvalue weighted by Gasteiger charge is -2.16. The molecule has 0 fully saturated rings. The third-order valence-corrected chi connectivity index (χ3v) is 5.17. The number of amidine groups is 1. The van der Waals surface area contributed by atoms with Gasteiger partial charge in [0.25, 0.3) is 10.0 Å². The minimum Gasteiger partial charge on any atom is -0.312 e. The number of fused-ring (bicyclic) bond motifs is 1. The van der Waals surface area contributed by atoms with E-state index in [0.29, 0.717) is 18.7 Å². The Hall–Kier alpha value is -1.86. The molecule has 2 rings (SSSR count). The van der Waals surface area contributed by atoms with E-state index in [4.69, 9.17) is 11.6 Å². The molecule has 0 saturated carbocycles. The molecule has 22 heavy (non-hydrogen) atoms. The van der Waals surface area contributed by atoms with Gasteiger partial charge in [-0.05, 0) is 31.0 Å². The van der Waals surface area contributed by atoms with E-state index in [2.05, 4.69) is 16.3 Å². The van der Waals surface area contributed by atoms with Crippen molar-refractivity contribution in [2.45, 2.75) is 25.2 Å². The van der Waals surface area contributed by atoms with Crippen LogP contribution in [0.4, 0.5) is 5.69 Å². The van der Waals surface area contributed by atoms with Crippen LogP contribution in [0, 0.1) is 0 Å². The fraction of sp³-hybridized carbons (Fsp3) is 0.286. The highest BCUT2D eigenvalue weighted by Gasteiger charge is 2.27. The molecule has 118 valence electrons. The van der Waals surface area contributed by atoms with Gasteiger partial charge in [0, 0.05) is 25.4 Å². The smallest absolute Gasteiger partial charge is 0.264 e. The van der Waals surface area contributed by atoms with Crippen LogP contribution in [0.5, 0.6) is 0 Å². The van der Waals surface area contributed by atoms with Crippen molar-refractivity contribution >= 4 is 39.1 Å². The SMILES string of the molecule is C=C/N=C(\C)NS(=O)(=O)c1cc2c(cc1Cl)CCN2C(C)=O. The lowest BCUT2D eigenvalue weighted by molar-refractivity contribution is -0.116. The molecule has 0 atom stereocenters. The number of hydrogen-bond acceptors (Lipinski definition) is 4. The third-order valence-electron chi connectivity index (χ3n) is 3.27. The van der Waals surface area contributed by atoms with E-state index in [-0.39, 0.29) is 21.7 Å². The number of rotatable bonds is 3. The van der Waals surface area contributed by atoms with E-state index in [1.807, 2.05) is 0 Å². The van der Waals surface area contributed by atoms with Crippen molar-refractivity contribution in [2.75, 3.05) is 11.4 Å². The molecule has 1 amide bonds. The van der Waals surface area contributed by atoms with Gasteiger partial charge in [-0.2, -0.15) is 0 Å². The van der Waals surface area contributed by atoms with Crippen LogP contribution in [0.25, 0.3) is 0 Å². The van der Waals surface area contributed by atoms with E-state index in [9.17, 15) is 13.2 Å². The van der Waals surface area contributed by atoms with Crippen LogP contribution in [0.15, 0.2) is 34.8 Å². The van der Waals surface area contributed by atoms with Gasteiger partial charge >= 0.3 is 0 Å². The van der Waals surface area contributed by atoms with E-state index < -0.39 is 10.0 Å². The van der Waals surface area contributed by atoms with Crippen molar-refractivity contribution in [2.24, 2.45) is 4.99 Å². The number of anilines is 1. The minimum absolute atomic E-state index is 0.0836. The van der Waals surface area contributed by atoms with Gasteiger partial charge in [-0.1, -0.05) is 18.2 Å². The number of nitrogens with zero attached hydrogens (tertiary/aromatic N) is 2. The number of hydrogen-bond donors (Lipinski definition) is 1. The molecule has 0 saturated heterocycles. The van der Waals surface area contributed by atoms with Gasteiger partial charge in [0.15, 0.2) is 0 Å². The molecular formula is C14H16ClN3O3S. The average molecular weight is 342 g/mol. The van der Waals surface area contributed by atoms with Gasteiger partial charge in [0.05, 0.1) is 5.02 Å². The van der Waals surface area contributed by atoms with Gasteiger partial charge in [-0.15, -0.1) is 0 Å². The highest BCUT2D eigenvalue weighted by Crippen LogP contribution is 2.35. The molecule has 1 N–H and O–H groups in total. The lowest BCUT2D eigenvalue weighted by atomic mass is 10.2. The predicted molar refractivity (Wildman–Crippen MR) is 86.8 cm³/mol. The minimum atomic E-state index is -3.88. The standard InChI is InChI=1S/C14H16ClN3O3S/c1-4-16-9(2)17-22(20,21)14-8-13-11(7-12(14)15)5-6-18(13)10(3)19/h4,7-8H,1,5-6H2,2-3H3,(H,16,17). The monoisotopic (exact) mass is 341 g/mol. The zero-order valence-electron chi connectivity index (χ0n) is 12.3. The van der Waals surface area contributed by atoms with E-state index in [0.717, 1.165) is 5.56 Å². The quantitative estimate of drug-likeness (QED) is 0.675. The largest absolute Gasteiger partial charge is 0.312 e. The molecule has 1 aliphatic heterocycles. The van der Waals surface area contributed by atoms with Crippen molar-refractivity contribution < 1.29 is 13.2 Å².